The van der Waals surface area contributed by atoms with Crippen LogP contribution in [0.1, 0.15) is 56.1 Å². The van der Waals surface area contributed by atoms with Crippen molar-refractivity contribution in [1.29, 1.82) is 0 Å². The van der Waals surface area contributed by atoms with Crippen LogP contribution in [-0.2, 0) is 22.6 Å². The van der Waals surface area contributed by atoms with Gasteiger partial charge < -0.3 is 15.1 Å². The van der Waals surface area contributed by atoms with Gasteiger partial charge in [-0.15, -0.1) is 0 Å². The van der Waals surface area contributed by atoms with Gasteiger partial charge in [0.25, 0.3) is 5.91 Å². The Morgan fingerprint density at radius 1 is 1.07 bits per heavy atom. The van der Waals surface area contributed by atoms with Gasteiger partial charge in [-0.2, -0.15) is 0 Å². The minimum atomic E-state index is -0.361. The zero-order valence-corrected chi connectivity index (χ0v) is 26.0. The number of hydrogen-bond acceptors (Lipinski definition) is 3. The monoisotopic (exact) mass is 613 g/mol. The molecule has 1 N–H and O–H groups in total. The summed E-state index contributed by atoms with van der Waals surface area (Å²) in [5.74, 6) is 1.92. The first-order valence-corrected chi connectivity index (χ1v) is 16.9. The third kappa shape index (κ3) is 4.75. The third-order valence-corrected chi connectivity index (χ3v) is 12.6. The van der Waals surface area contributed by atoms with Crippen LogP contribution in [0.25, 0.3) is 0 Å². The van der Waals surface area contributed by atoms with Crippen molar-refractivity contribution in [3.05, 3.63) is 93.9 Å². The van der Waals surface area contributed by atoms with Gasteiger partial charge >= 0.3 is 0 Å². The largest absolute Gasteiger partial charge is 0.351 e. The SMILES string of the molecule is O=C(NCCN1CCC(Cc2ccccc2)CC1)C1=CCC2C(=C1)N(Cc1cc(F)ccc1Cl)C(=O)C[C@@]13C[C@@H]1CC1C[C@]123. The normalized spacial score (nSPS) is 32.5. The number of nitrogens with one attached hydrogen (secondary N) is 1. The van der Waals surface area contributed by atoms with Gasteiger partial charge in [-0.05, 0) is 122 Å². The van der Waals surface area contributed by atoms with E-state index in [1.54, 1.807) is 6.07 Å². The molecular weight excluding hydrogens is 573 g/mol. The second-order valence-corrected chi connectivity index (χ2v) is 14.8. The number of carbonyl (C=O) groups is 2. The highest BCUT2D eigenvalue weighted by Crippen LogP contribution is 2.89. The molecule has 230 valence electrons. The number of halogens is 2. The lowest BCUT2D eigenvalue weighted by molar-refractivity contribution is -0.131. The molecule has 7 heteroatoms. The Balaban J connectivity index is 0.946. The Morgan fingerprint density at radius 2 is 1.89 bits per heavy atom. The molecule has 2 aromatic carbocycles. The lowest BCUT2D eigenvalue weighted by Crippen LogP contribution is -2.40. The minimum Gasteiger partial charge on any atom is -0.351 e. The molecule has 2 aromatic rings. The minimum absolute atomic E-state index is 0.0781. The first-order chi connectivity index (χ1) is 21.4. The molecule has 6 aliphatic rings. The summed E-state index contributed by atoms with van der Waals surface area (Å²) in [6.45, 7) is 3.80. The zero-order chi connectivity index (χ0) is 30.1. The average Bonchev–Trinajstić information content (AvgIpc) is 3.93. The summed E-state index contributed by atoms with van der Waals surface area (Å²) in [5, 5.41) is 3.63. The van der Waals surface area contributed by atoms with E-state index in [0.29, 0.717) is 41.0 Å². The number of carbonyl (C=O) groups excluding carboxylic acids is 2. The van der Waals surface area contributed by atoms with Gasteiger partial charge in [0.15, 0.2) is 0 Å². The summed E-state index contributed by atoms with van der Waals surface area (Å²) in [7, 11) is 0. The number of allylic oxidation sites excluding steroid dienone is 2. The lowest BCUT2D eigenvalue weighted by atomic mass is 9.70. The van der Waals surface area contributed by atoms with Crippen molar-refractivity contribution in [2.45, 2.75) is 57.9 Å². The summed E-state index contributed by atoms with van der Waals surface area (Å²) < 4.78 is 14.2. The Labute approximate surface area is 264 Å². The van der Waals surface area contributed by atoms with Gasteiger partial charge in [0, 0.05) is 41.7 Å². The van der Waals surface area contributed by atoms with Crippen molar-refractivity contribution >= 4 is 23.4 Å². The topological polar surface area (TPSA) is 52.7 Å². The van der Waals surface area contributed by atoms with Crippen molar-refractivity contribution in [1.82, 2.24) is 15.1 Å². The van der Waals surface area contributed by atoms with Gasteiger partial charge in [0.05, 0.1) is 6.54 Å². The quantitative estimate of drug-likeness (QED) is 0.368. The summed E-state index contributed by atoms with van der Waals surface area (Å²) >= 11 is 6.49. The van der Waals surface area contributed by atoms with Gasteiger partial charge in [-0.3, -0.25) is 9.59 Å². The molecular formula is C37H41ClFN3O2. The van der Waals surface area contributed by atoms with Crippen molar-refractivity contribution < 1.29 is 14.0 Å². The van der Waals surface area contributed by atoms with E-state index in [2.05, 4.69) is 46.6 Å². The number of fused-ring (bicyclic) bond motifs is 1. The fourth-order valence-electron chi connectivity index (χ4n) is 9.91. The van der Waals surface area contributed by atoms with E-state index in [0.717, 1.165) is 50.5 Å². The number of piperidine rings is 1. The highest BCUT2D eigenvalue weighted by Gasteiger charge is 2.84. The molecule has 0 bridgehead atoms. The Morgan fingerprint density at radius 3 is 2.70 bits per heavy atom. The van der Waals surface area contributed by atoms with Crippen LogP contribution < -0.4 is 5.32 Å². The molecule has 3 saturated carbocycles. The number of amides is 2. The zero-order valence-electron chi connectivity index (χ0n) is 25.2. The molecule has 2 unspecified atom stereocenters. The lowest BCUT2D eigenvalue weighted by Gasteiger charge is -2.36. The molecule has 8 rings (SSSR count). The van der Waals surface area contributed by atoms with Crippen molar-refractivity contribution in [3.8, 4) is 0 Å². The molecule has 0 radical (unpaired) electrons. The third-order valence-electron chi connectivity index (χ3n) is 12.2. The van der Waals surface area contributed by atoms with Crippen LogP contribution >= 0.6 is 11.6 Å². The van der Waals surface area contributed by atoms with E-state index in [9.17, 15) is 14.0 Å². The van der Waals surface area contributed by atoms with Crippen molar-refractivity contribution in [2.75, 3.05) is 26.2 Å². The van der Waals surface area contributed by atoms with Crippen LogP contribution in [0.3, 0.4) is 0 Å². The van der Waals surface area contributed by atoms with Gasteiger partial charge in [-0.1, -0.05) is 48.0 Å². The predicted molar refractivity (Wildman–Crippen MR) is 169 cm³/mol. The molecule has 5 atom stereocenters. The van der Waals surface area contributed by atoms with Gasteiger partial charge in [-0.25, -0.2) is 4.39 Å². The molecule has 5 nitrogen and oxygen atoms in total. The van der Waals surface area contributed by atoms with Gasteiger partial charge in [0.1, 0.15) is 5.82 Å². The number of rotatable bonds is 8. The molecule has 5 fully saturated rings. The molecule has 2 spiro atoms. The van der Waals surface area contributed by atoms with E-state index < -0.39 is 0 Å². The van der Waals surface area contributed by atoms with Crippen LogP contribution in [0.5, 0.6) is 0 Å². The van der Waals surface area contributed by atoms with E-state index in [4.69, 9.17) is 11.6 Å². The number of likely N-dealkylation sites (tertiary alicyclic amines) is 2. The average molecular weight is 614 g/mol. The first-order valence-electron chi connectivity index (χ1n) is 16.6. The Kier molecular flexibility index (Phi) is 7.02. The van der Waals surface area contributed by atoms with Crippen LogP contribution in [0.15, 0.2) is 72.0 Å². The molecule has 2 heterocycles. The molecule has 4 aliphatic carbocycles. The smallest absolute Gasteiger partial charge is 0.251 e. The van der Waals surface area contributed by atoms with Crippen molar-refractivity contribution in [3.63, 3.8) is 0 Å². The maximum absolute atomic E-state index is 14.2. The van der Waals surface area contributed by atoms with E-state index in [1.165, 1.54) is 43.4 Å². The summed E-state index contributed by atoms with van der Waals surface area (Å²) in [6, 6.07) is 15.1. The predicted octanol–water partition coefficient (Wildman–Crippen LogP) is 6.53. The molecule has 2 saturated heterocycles. The maximum atomic E-state index is 14.2. The number of hydrogen-bond donors (Lipinski definition) is 1. The van der Waals surface area contributed by atoms with Crippen LogP contribution in [0, 0.1) is 40.3 Å². The second kappa shape index (κ2) is 10.8. The van der Waals surface area contributed by atoms with Gasteiger partial charge in [0.2, 0.25) is 5.91 Å². The molecule has 2 aliphatic heterocycles. The molecule has 2 amide bonds. The summed E-state index contributed by atoms with van der Waals surface area (Å²) in [4.78, 5) is 31.8. The van der Waals surface area contributed by atoms with E-state index in [1.807, 2.05) is 11.0 Å². The maximum Gasteiger partial charge on any atom is 0.251 e. The molecule has 0 aromatic heterocycles. The second-order valence-electron chi connectivity index (χ2n) is 14.4. The van der Waals surface area contributed by atoms with E-state index >= 15 is 0 Å². The first kappa shape index (κ1) is 28.5. The Hall–Kier alpha value is -2.96. The van der Waals surface area contributed by atoms with Crippen LogP contribution in [0.4, 0.5) is 4.39 Å². The highest BCUT2D eigenvalue weighted by atomic mass is 35.5. The summed E-state index contributed by atoms with van der Waals surface area (Å²) in [6.07, 6.45) is 12.5. The molecule has 44 heavy (non-hydrogen) atoms. The van der Waals surface area contributed by atoms with Crippen molar-refractivity contribution in [2.24, 2.45) is 34.5 Å². The standard InChI is InChI=1S/C37H41ClFN3O2/c38-32-9-7-30(39)17-27(32)23-42-33-18-26(6-8-31(33)37-21-29(37)19-28-20-36(28,37)22-34(42)43)35(44)40-12-15-41-13-10-25(11-14-41)16-24-4-2-1-3-5-24/h1-7,9,17-18,25,28-29,31H,8,10-16,19-23H2,(H,40,44)/t28-,29?,31?,36-,37-/m0/s1. The Bertz CT molecular complexity index is 1550. The fourth-order valence-corrected chi connectivity index (χ4v) is 10.1. The van der Waals surface area contributed by atoms with Crippen LogP contribution in [0.2, 0.25) is 5.02 Å². The van der Waals surface area contributed by atoms with Crippen LogP contribution in [-0.4, -0.2) is 47.8 Å². The fraction of sp³-hybridized carbons (Fsp3) is 0.514. The summed E-state index contributed by atoms with van der Waals surface area (Å²) in [5.41, 5.74) is 3.88. The highest BCUT2D eigenvalue weighted by molar-refractivity contribution is 6.31. The van der Waals surface area contributed by atoms with E-state index in [-0.39, 0.29) is 40.9 Å². The number of nitrogens with zero attached hydrogens (tertiary/aromatic N) is 2. The number of benzene rings is 2.